The number of amides is 2. The normalized spacial score (nSPS) is 10.3. The summed E-state index contributed by atoms with van der Waals surface area (Å²) in [5.74, 6) is 0.944. The molecule has 0 unspecified atom stereocenters. The number of benzene rings is 1. The molecule has 0 atom stereocenters. The van der Waals surface area contributed by atoms with Crippen LogP contribution in [0.3, 0.4) is 0 Å². The maximum absolute atomic E-state index is 11.0. The lowest BCUT2D eigenvalue weighted by atomic mass is 9.96. The summed E-state index contributed by atoms with van der Waals surface area (Å²) in [6.07, 6.45) is 0.803. The van der Waals surface area contributed by atoms with Crippen molar-refractivity contribution in [3.05, 3.63) is 28.3 Å². The van der Waals surface area contributed by atoms with Gasteiger partial charge < -0.3 is 15.4 Å². The van der Waals surface area contributed by atoms with E-state index in [1.807, 2.05) is 6.92 Å². The number of primary amides is 1. The van der Waals surface area contributed by atoms with Crippen LogP contribution >= 0.6 is 0 Å². The Bertz CT molecular complexity index is 456. The summed E-state index contributed by atoms with van der Waals surface area (Å²) in [5, 5.41) is 0. The number of rotatable bonds is 4. The quantitative estimate of drug-likeness (QED) is 0.890. The Labute approximate surface area is 109 Å². The molecule has 0 radical (unpaired) electrons. The summed E-state index contributed by atoms with van der Waals surface area (Å²) in [7, 11) is 3.40. The molecule has 1 rings (SSSR count). The molecule has 0 saturated carbocycles. The molecule has 2 N–H and O–H groups in total. The van der Waals surface area contributed by atoms with Crippen molar-refractivity contribution >= 4 is 6.03 Å². The van der Waals surface area contributed by atoms with E-state index in [1.54, 1.807) is 14.2 Å². The van der Waals surface area contributed by atoms with E-state index in [2.05, 4.69) is 19.9 Å². The molecule has 0 heterocycles. The molecule has 100 valence electrons. The van der Waals surface area contributed by atoms with Crippen LogP contribution in [0.25, 0.3) is 0 Å². The smallest absolute Gasteiger partial charge is 0.314 e. The predicted octanol–water partition coefficient (Wildman–Crippen LogP) is 2.17. The molecule has 0 bridgehead atoms. The lowest BCUT2D eigenvalue weighted by molar-refractivity contribution is 0.219. The summed E-state index contributed by atoms with van der Waals surface area (Å²) in [6.45, 7) is 6.80. The van der Waals surface area contributed by atoms with Gasteiger partial charge in [-0.25, -0.2) is 4.79 Å². The fraction of sp³-hybridized carbons (Fsp3) is 0.500. The van der Waals surface area contributed by atoms with E-state index < -0.39 is 6.03 Å². The van der Waals surface area contributed by atoms with Crippen molar-refractivity contribution in [2.75, 3.05) is 20.7 Å². The zero-order valence-corrected chi connectivity index (χ0v) is 11.8. The molecule has 0 saturated heterocycles. The van der Waals surface area contributed by atoms with Gasteiger partial charge in [-0.15, -0.1) is 0 Å². The maximum atomic E-state index is 11.0. The fourth-order valence-corrected chi connectivity index (χ4v) is 2.11. The molecule has 18 heavy (non-hydrogen) atoms. The van der Waals surface area contributed by atoms with Crippen LogP contribution in [0.5, 0.6) is 5.75 Å². The van der Waals surface area contributed by atoms with Crippen LogP contribution in [0.2, 0.25) is 0 Å². The minimum atomic E-state index is -0.394. The Hall–Kier alpha value is -1.71. The Morgan fingerprint density at radius 1 is 1.33 bits per heavy atom. The first-order chi connectivity index (χ1) is 8.38. The summed E-state index contributed by atoms with van der Waals surface area (Å²) < 4.78 is 5.39. The molecule has 0 spiro atoms. The first-order valence-corrected chi connectivity index (χ1v) is 6.02. The van der Waals surface area contributed by atoms with Crippen molar-refractivity contribution < 1.29 is 9.53 Å². The third-order valence-electron chi connectivity index (χ3n) is 3.43. The van der Waals surface area contributed by atoms with Gasteiger partial charge in [0.05, 0.1) is 7.11 Å². The van der Waals surface area contributed by atoms with Crippen molar-refractivity contribution in [2.24, 2.45) is 5.73 Å². The number of nitrogens with zero attached hydrogens (tertiary/aromatic N) is 1. The molecule has 0 aliphatic rings. The van der Waals surface area contributed by atoms with E-state index in [1.165, 1.54) is 16.0 Å². The number of carbonyl (C=O) groups is 1. The molecular weight excluding hydrogens is 228 g/mol. The summed E-state index contributed by atoms with van der Waals surface area (Å²) in [4.78, 5) is 12.5. The van der Waals surface area contributed by atoms with Gasteiger partial charge in [0.15, 0.2) is 0 Å². The maximum Gasteiger partial charge on any atom is 0.314 e. The van der Waals surface area contributed by atoms with Crippen LogP contribution < -0.4 is 10.5 Å². The summed E-state index contributed by atoms with van der Waals surface area (Å²) in [6, 6.07) is 1.73. The number of likely N-dealkylation sites (N-methyl/N-ethyl adjacent to an activating group) is 1. The van der Waals surface area contributed by atoms with Crippen molar-refractivity contribution in [3.8, 4) is 5.75 Å². The van der Waals surface area contributed by atoms with Crippen LogP contribution in [0.4, 0.5) is 4.79 Å². The number of carbonyl (C=O) groups excluding carboxylic acids is 1. The minimum Gasteiger partial charge on any atom is -0.496 e. The molecule has 4 heteroatoms. The monoisotopic (exact) mass is 250 g/mol. The van der Waals surface area contributed by atoms with Gasteiger partial charge in [-0.05, 0) is 49.4 Å². The zero-order chi connectivity index (χ0) is 13.9. The number of hydrogen-bond acceptors (Lipinski definition) is 2. The zero-order valence-electron chi connectivity index (χ0n) is 11.8. The molecule has 0 fully saturated rings. The Morgan fingerprint density at radius 3 is 2.44 bits per heavy atom. The van der Waals surface area contributed by atoms with Gasteiger partial charge in [-0.3, -0.25) is 0 Å². The Balaban J connectivity index is 2.94. The van der Waals surface area contributed by atoms with E-state index in [0.29, 0.717) is 6.54 Å². The molecule has 0 aromatic heterocycles. The number of nitrogens with two attached hydrogens (primary N) is 1. The Morgan fingerprint density at radius 2 is 1.94 bits per heavy atom. The fourth-order valence-electron chi connectivity index (χ4n) is 2.11. The van der Waals surface area contributed by atoms with Gasteiger partial charge in [0.25, 0.3) is 0 Å². The third-order valence-corrected chi connectivity index (χ3v) is 3.43. The van der Waals surface area contributed by atoms with Gasteiger partial charge in [0.1, 0.15) is 5.75 Å². The molecule has 2 amide bonds. The molecule has 1 aromatic rings. The highest BCUT2D eigenvalue weighted by Crippen LogP contribution is 2.28. The lowest BCUT2D eigenvalue weighted by Gasteiger charge is -2.18. The van der Waals surface area contributed by atoms with Crippen LogP contribution in [-0.2, 0) is 6.42 Å². The first kappa shape index (κ1) is 14.4. The number of ether oxygens (including phenoxy) is 1. The van der Waals surface area contributed by atoms with Crippen molar-refractivity contribution in [3.63, 3.8) is 0 Å². The van der Waals surface area contributed by atoms with Crippen molar-refractivity contribution in [2.45, 2.75) is 27.2 Å². The van der Waals surface area contributed by atoms with E-state index in [0.717, 1.165) is 23.3 Å². The topological polar surface area (TPSA) is 55.6 Å². The summed E-state index contributed by atoms with van der Waals surface area (Å²) >= 11 is 0. The predicted molar refractivity (Wildman–Crippen MR) is 73.1 cm³/mol. The highest BCUT2D eigenvalue weighted by molar-refractivity contribution is 5.71. The van der Waals surface area contributed by atoms with E-state index >= 15 is 0 Å². The standard InChI is InChI=1S/C14H22N2O2/c1-9-8-12(6-7-16(4)14(15)17)10(2)11(3)13(9)18-5/h8H,6-7H2,1-5H3,(H2,15,17). The number of aryl methyl sites for hydroxylation is 1. The minimum absolute atomic E-state index is 0.394. The van der Waals surface area contributed by atoms with Crippen molar-refractivity contribution in [1.82, 2.24) is 4.90 Å². The molecule has 0 aliphatic carbocycles. The van der Waals surface area contributed by atoms with Crippen LogP contribution in [0.15, 0.2) is 6.07 Å². The SMILES string of the molecule is COc1c(C)cc(CCN(C)C(N)=O)c(C)c1C. The van der Waals surface area contributed by atoms with E-state index in [4.69, 9.17) is 10.5 Å². The van der Waals surface area contributed by atoms with Gasteiger partial charge in [-0.1, -0.05) is 6.07 Å². The summed E-state index contributed by atoms with van der Waals surface area (Å²) in [5.41, 5.74) is 9.95. The van der Waals surface area contributed by atoms with E-state index in [9.17, 15) is 4.79 Å². The Kier molecular flexibility index (Phi) is 4.59. The highest BCUT2D eigenvalue weighted by Gasteiger charge is 2.11. The van der Waals surface area contributed by atoms with Gasteiger partial charge in [-0.2, -0.15) is 0 Å². The van der Waals surface area contributed by atoms with Gasteiger partial charge in [0.2, 0.25) is 0 Å². The average molecular weight is 250 g/mol. The van der Waals surface area contributed by atoms with Crippen LogP contribution in [0.1, 0.15) is 22.3 Å². The second kappa shape index (κ2) is 5.76. The lowest BCUT2D eigenvalue weighted by Crippen LogP contribution is -2.33. The second-order valence-corrected chi connectivity index (χ2v) is 4.65. The molecule has 4 nitrogen and oxygen atoms in total. The van der Waals surface area contributed by atoms with Crippen LogP contribution in [0, 0.1) is 20.8 Å². The number of urea groups is 1. The third kappa shape index (κ3) is 2.94. The molecule has 1 aromatic carbocycles. The van der Waals surface area contributed by atoms with Gasteiger partial charge >= 0.3 is 6.03 Å². The van der Waals surface area contributed by atoms with Gasteiger partial charge in [0, 0.05) is 13.6 Å². The largest absolute Gasteiger partial charge is 0.496 e. The highest BCUT2D eigenvalue weighted by atomic mass is 16.5. The molecule has 0 aliphatic heterocycles. The van der Waals surface area contributed by atoms with Crippen LogP contribution in [-0.4, -0.2) is 31.6 Å². The van der Waals surface area contributed by atoms with Crippen molar-refractivity contribution in [1.29, 1.82) is 0 Å². The number of methoxy groups -OCH3 is 1. The second-order valence-electron chi connectivity index (χ2n) is 4.65. The first-order valence-electron chi connectivity index (χ1n) is 6.02. The average Bonchev–Trinajstić information content (AvgIpc) is 2.32. The van der Waals surface area contributed by atoms with E-state index in [-0.39, 0.29) is 0 Å². The molecular formula is C14H22N2O2. The number of hydrogen-bond donors (Lipinski definition) is 1.